The van der Waals surface area contributed by atoms with E-state index in [9.17, 15) is 4.79 Å². The number of amides is 1. The molecule has 0 spiro atoms. The molecule has 0 radical (unpaired) electrons. The zero-order chi connectivity index (χ0) is 21.5. The Hall–Kier alpha value is -3.61. The molecular formula is C24H28N6O. The van der Waals surface area contributed by atoms with Crippen LogP contribution in [0.5, 0.6) is 0 Å². The fourth-order valence-electron chi connectivity index (χ4n) is 3.83. The van der Waals surface area contributed by atoms with Crippen LogP contribution in [0.15, 0.2) is 72.2 Å². The first kappa shape index (κ1) is 20.7. The van der Waals surface area contributed by atoms with E-state index in [1.807, 2.05) is 42.2 Å². The molecule has 3 N–H and O–H groups in total. The summed E-state index contributed by atoms with van der Waals surface area (Å²) in [7, 11) is 0. The standard InChI is InChI=1S/C24H28N6O/c1-2-26-24(28-15-20-13-23(31)29-22-9-4-3-8-21(20)22)27-14-18-6-5-7-19(12-18)16-30-11-10-25-17-30/h3-12,17,20H,2,13-16H2,1H3,(H,29,31)(H2,26,27,28). The van der Waals surface area contributed by atoms with E-state index >= 15 is 0 Å². The number of aliphatic imine (C=N–C) groups is 1. The lowest BCUT2D eigenvalue weighted by Gasteiger charge is -2.26. The Balaban J connectivity index is 1.40. The van der Waals surface area contributed by atoms with Crippen molar-refractivity contribution in [2.45, 2.75) is 32.4 Å². The fraction of sp³-hybridized carbons (Fsp3) is 0.292. The molecule has 1 amide bonds. The van der Waals surface area contributed by atoms with Crippen molar-refractivity contribution >= 4 is 17.6 Å². The quantitative estimate of drug-likeness (QED) is 0.408. The zero-order valence-electron chi connectivity index (χ0n) is 17.7. The lowest BCUT2D eigenvalue weighted by atomic mass is 9.90. The fourth-order valence-corrected chi connectivity index (χ4v) is 3.83. The monoisotopic (exact) mass is 416 g/mol. The normalized spacial score (nSPS) is 15.8. The molecule has 31 heavy (non-hydrogen) atoms. The highest BCUT2D eigenvalue weighted by Gasteiger charge is 2.24. The highest BCUT2D eigenvalue weighted by molar-refractivity contribution is 5.94. The van der Waals surface area contributed by atoms with E-state index in [2.05, 4.69) is 51.3 Å². The van der Waals surface area contributed by atoms with E-state index in [-0.39, 0.29) is 11.8 Å². The van der Waals surface area contributed by atoms with Crippen LogP contribution in [0.3, 0.4) is 0 Å². The highest BCUT2D eigenvalue weighted by atomic mass is 16.1. The molecule has 2 aromatic carbocycles. The first-order chi connectivity index (χ1) is 15.2. The molecule has 1 unspecified atom stereocenters. The third kappa shape index (κ3) is 5.51. The Kier molecular flexibility index (Phi) is 6.62. The number of carbonyl (C=O) groups is 1. The Labute approximate surface area is 182 Å². The molecule has 0 bridgehead atoms. The topological polar surface area (TPSA) is 83.3 Å². The number of rotatable bonds is 7. The van der Waals surface area contributed by atoms with E-state index in [0.29, 0.717) is 19.5 Å². The lowest BCUT2D eigenvalue weighted by molar-refractivity contribution is -0.116. The molecule has 4 rings (SSSR count). The number of hydrogen-bond donors (Lipinski definition) is 3. The lowest BCUT2D eigenvalue weighted by Crippen LogP contribution is -2.40. The number of benzene rings is 2. The van der Waals surface area contributed by atoms with Crippen LogP contribution < -0.4 is 16.0 Å². The molecule has 1 aromatic heterocycles. The summed E-state index contributed by atoms with van der Waals surface area (Å²) in [6.07, 6.45) is 6.04. The number of para-hydroxylation sites is 1. The van der Waals surface area contributed by atoms with Gasteiger partial charge in [0, 0.05) is 50.1 Å². The van der Waals surface area contributed by atoms with Gasteiger partial charge in [0.15, 0.2) is 5.96 Å². The van der Waals surface area contributed by atoms with Gasteiger partial charge in [-0.3, -0.25) is 4.79 Å². The van der Waals surface area contributed by atoms with Gasteiger partial charge in [0.2, 0.25) is 5.91 Å². The summed E-state index contributed by atoms with van der Waals surface area (Å²) >= 11 is 0. The number of hydrogen-bond acceptors (Lipinski definition) is 3. The van der Waals surface area contributed by atoms with Crippen LogP contribution in [-0.2, 0) is 17.9 Å². The van der Waals surface area contributed by atoms with Crippen molar-refractivity contribution in [2.75, 3.05) is 18.4 Å². The number of nitrogens with one attached hydrogen (secondary N) is 3. The highest BCUT2D eigenvalue weighted by Crippen LogP contribution is 2.31. The Bertz CT molecular complexity index is 1040. The van der Waals surface area contributed by atoms with E-state index in [1.54, 1.807) is 6.20 Å². The summed E-state index contributed by atoms with van der Waals surface area (Å²) in [6, 6.07) is 16.4. The second-order valence-corrected chi connectivity index (χ2v) is 7.67. The van der Waals surface area contributed by atoms with E-state index in [4.69, 9.17) is 4.99 Å². The van der Waals surface area contributed by atoms with Crippen LogP contribution in [0, 0.1) is 0 Å². The van der Waals surface area contributed by atoms with Crippen molar-refractivity contribution in [3.05, 3.63) is 83.9 Å². The van der Waals surface area contributed by atoms with Crippen LogP contribution in [0.1, 0.15) is 36.0 Å². The van der Waals surface area contributed by atoms with E-state index in [0.717, 1.165) is 35.9 Å². The third-order valence-electron chi connectivity index (χ3n) is 5.30. The molecule has 1 aliphatic heterocycles. The van der Waals surface area contributed by atoms with Crippen molar-refractivity contribution in [1.82, 2.24) is 20.2 Å². The number of imidazole rings is 1. The van der Waals surface area contributed by atoms with Gasteiger partial charge in [-0.25, -0.2) is 9.98 Å². The zero-order valence-corrected chi connectivity index (χ0v) is 17.7. The maximum absolute atomic E-state index is 12.1. The Morgan fingerprint density at radius 2 is 2.06 bits per heavy atom. The summed E-state index contributed by atoms with van der Waals surface area (Å²) in [5.74, 6) is 0.931. The molecule has 160 valence electrons. The average Bonchev–Trinajstić information content (AvgIpc) is 3.28. The van der Waals surface area contributed by atoms with Gasteiger partial charge in [-0.15, -0.1) is 0 Å². The summed E-state index contributed by atoms with van der Waals surface area (Å²) in [4.78, 5) is 20.9. The second-order valence-electron chi connectivity index (χ2n) is 7.67. The van der Waals surface area contributed by atoms with Gasteiger partial charge >= 0.3 is 0 Å². The molecule has 0 saturated heterocycles. The van der Waals surface area contributed by atoms with Crippen molar-refractivity contribution in [3.63, 3.8) is 0 Å². The maximum atomic E-state index is 12.1. The van der Waals surface area contributed by atoms with Gasteiger partial charge in [-0.05, 0) is 29.7 Å². The number of guanidine groups is 1. The summed E-state index contributed by atoms with van der Waals surface area (Å²) < 4.78 is 2.05. The number of nitrogens with zero attached hydrogens (tertiary/aromatic N) is 3. The third-order valence-corrected chi connectivity index (χ3v) is 5.30. The SMILES string of the molecule is CCNC(=NCc1cccc(Cn2ccnc2)c1)NCC1CC(=O)Nc2ccccc21. The van der Waals surface area contributed by atoms with Crippen LogP contribution in [0.2, 0.25) is 0 Å². The molecule has 0 aliphatic carbocycles. The molecular weight excluding hydrogens is 388 g/mol. The van der Waals surface area contributed by atoms with Gasteiger partial charge in [0.1, 0.15) is 0 Å². The van der Waals surface area contributed by atoms with Gasteiger partial charge in [0.25, 0.3) is 0 Å². The molecule has 1 atom stereocenters. The summed E-state index contributed by atoms with van der Waals surface area (Å²) in [5.41, 5.74) is 4.44. The van der Waals surface area contributed by atoms with Crippen LogP contribution in [0.4, 0.5) is 5.69 Å². The van der Waals surface area contributed by atoms with Gasteiger partial charge < -0.3 is 20.5 Å². The molecule has 3 aromatic rings. The van der Waals surface area contributed by atoms with Crippen LogP contribution >= 0.6 is 0 Å². The molecule has 7 nitrogen and oxygen atoms in total. The van der Waals surface area contributed by atoms with Crippen molar-refractivity contribution in [2.24, 2.45) is 4.99 Å². The number of anilines is 1. The minimum absolute atomic E-state index is 0.0575. The second kappa shape index (κ2) is 9.93. The molecule has 0 fully saturated rings. The maximum Gasteiger partial charge on any atom is 0.225 e. The van der Waals surface area contributed by atoms with Crippen molar-refractivity contribution in [3.8, 4) is 0 Å². The molecule has 2 heterocycles. The molecule has 1 aliphatic rings. The van der Waals surface area contributed by atoms with E-state index in [1.165, 1.54) is 5.56 Å². The first-order valence-electron chi connectivity index (χ1n) is 10.7. The van der Waals surface area contributed by atoms with E-state index < -0.39 is 0 Å². The van der Waals surface area contributed by atoms with Crippen LogP contribution in [-0.4, -0.2) is 34.5 Å². The van der Waals surface area contributed by atoms with Crippen molar-refractivity contribution in [1.29, 1.82) is 0 Å². The first-order valence-corrected chi connectivity index (χ1v) is 10.7. The predicted molar refractivity (Wildman–Crippen MR) is 123 cm³/mol. The summed E-state index contributed by atoms with van der Waals surface area (Å²) in [6.45, 7) is 4.84. The van der Waals surface area contributed by atoms with Gasteiger partial charge in [0.05, 0.1) is 12.9 Å². The predicted octanol–water partition coefficient (Wildman–Crippen LogP) is 3.11. The molecule has 0 saturated carbocycles. The largest absolute Gasteiger partial charge is 0.357 e. The number of fused-ring (bicyclic) bond motifs is 1. The Morgan fingerprint density at radius 3 is 2.90 bits per heavy atom. The minimum Gasteiger partial charge on any atom is -0.357 e. The van der Waals surface area contributed by atoms with Crippen LogP contribution in [0.25, 0.3) is 0 Å². The number of aromatic nitrogens is 2. The minimum atomic E-state index is 0.0575. The van der Waals surface area contributed by atoms with Crippen molar-refractivity contribution < 1.29 is 4.79 Å². The average molecular weight is 417 g/mol. The Morgan fingerprint density at radius 1 is 1.19 bits per heavy atom. The smallest absolute Gasteiger partial charge is 0.225 e. The summed E-state index contributed by atoms with van der Waals surface area (Å²) in [5, 5.41) is 9.68. The van der Waals surface area contributed by atoms with Gasteiger partial charge in [-0.1, -0.05) is 42.5 Å². The van der Waals surface area contributed by atoms with Gasteiger partial charge in [-0.2, -0.15) is 0 Å². The number of carbonyl (C=O) groups excluding carboxylic acids is 1. The molecule has 7 heteroatoms.